The van der Waals surface area contributed by atoms with Gasteiger partial charge < -0.3 is 25.8 Å². The number of anilines is 4. The molecule has 4 aromatic rings. The largest absolute Gasteiger partial charge is 0.496 e. The Bertz CT molecular complexity index is 1460. The second kappa shape index (κ2) is 11.2. The van der Waals surface area contributed by atoms with Crippen molar-refractivity contribution in [2.24, 2.45) is 0 Å². The van der Waals surface area contributed by atoms with E-state index in [2.05, 4.69) is 20.4 Å². The Kier molecular flexibility index (Phi) is 7.55. The summed E-state index contributed by atoms with van der Waals surface area (Å²) in [4.78, 5) is 11.1. The van der Waals surface area contributed by atoms with Crippen molar-refractivity contribution in [1.29, 1.82) is 0 Å². The van der Waals surface area contributed by atoms with E-state index in [1.807, 2.05) is 4.90 Å². The molecular weight excluding hydrogens is 511 g/mol. The molecule has 0 saturated carbocycles. The fraction of sp³-hybridized carbons (Fsp3) is 0.296. The minimum absolute atomic E-state index is 0.147. The molecular formula is C27H28F3N7O2. The first kappa shape index (κ1) is 26.3. The monoisotopic (exact) mass is 539 g/mol. The van der Waals surface area contributed by atoms with Gasteiger partial charge in [-0.25, -0.2) is 23.1 Å². The van der Waals surface area contributed by atoms with Gasteiger partial charge in [0.25, 0.3) is 6.43 Å². The van der Waals surface area contributed by atoms with Gasteiger partial charge in [-0.15, -0.1) is 0 Å². The molecule has 1 atom stereocenters. The van der Waals surface area contributed by atoms with E-state index in [1.54, 1.807) is 36.7 Å². The number of methoxy groups -OCH3 is 1. The van der Waals surface area contributed by atoms with E-state index in [1.165, 1.54) is 30.1 Å². The van der Waals surface area contributed by atoms with E-state index in [0.717, 1.165) is 12.1 Å². The molecule has 39 heavy (non-hydrogen) atoms. The number of alkyl halides is 2. The van der Waals surface area contributed by atoms with E-state index in [9.17, 15) is 18.3 Å². The predicted molar refractivity (Wildman–Crippen MR) is 143 cm³/mol. The molecule has 204 valence electrons. The molecule has 0 aliphatic carbocycles. The summed E-state index contributed by atoms with van der Waals surface area (Å²) in [5.74, 6) is 0.593. The Morgan fingerprint density at radius 1 is 1.21 bits per heavy atom. The normalized spacial score (nSPS) is 15.5. The minimum Gasteiger partial charge on any atom is -0.496 e. The van der Waals surface area contributed by atoms with Crippen LogP contribution in [0.25, 0.3) is 22.4 Å². The number of hydrogen-bond donors (Lipinski definition) is 3. The maximum absolute atomic E-state index is 14.7. The van der Waals surface area contributed by atoms with Crippen LogP contribution < -0.4 is 20.7 Å². The summed E-state index contributed by atoms with van der Waals surface area (Å²) in [5.41, 5.74) is 8.86. The number of nitrogens with two attached hydrogens (primary N) is 1. The highest BCUT2D eigenvalue weighted by Crippen LogP contribution is 2.37. The number of pyridine rings is 2. The smallest absolute Gasteiger partial charge is 0.257 e. The molecule has 0 unspecified atom stereocenters. The van der Waals surface area contributed by atoms with E-state index in [4.69, 9.17) is 10.5 Å². The molecule has 0 amide bonds. The zero-order valence-corrected chi connectivity index (χ0v) is 21.2. The van der Waals surface area contributed by atoms with E-state index in [-0.39, 0.29) is 16.9 Å². The fourth-order valence-electron chi connectivity index (χ4n) is 4.69. The number of benzene rings is 1. The van der Waals surface area contributed by atoms with Crippen molar-refractivity contribution in [3.63, 3.8) is 0 Å². The number of nitrogen functional groups attached to an aromatic ring is 1. The lowest BCUT2D eigenvalue weighted by molar-refractivity contribution is 0.122. The van der Waals surface area contributed by atoms with Gasteiger partial charge in [0.05, 0.1) is 36.3 Å². The lowest BCUT2D eigenvalue weighted by Gasteiger charge is -2.33. The number of halogens is 3. The summed E-state index contributed by atoms with van der Waals surface area (Å²) in [6.45, 7) is 0.609. The third-order valence-corrected chi connectivity index (χ3v) is 6.50. The van der Waals surface area contributed by atoms with Gasteiger partial charge >= 0.3 is 0 Å². The lowest BCUT2D eigenvalue weighted by atomic mass is 10.0. The standard InChI is InChI=1S/C27H28F3N7O2/c1-39-22-6-2-5-19(28)26(22)27-20(31)7-8-24(35-27)34-25-10-21(36-9-3-4-17(38)14-36)18(12-32-25)16-11-33-37(13-16)15-23(29)30/h2,5-8,10-13,17,23,38H,3-4,9,14-15,31H2,1H3,(H,32,34,35)/t17-/m0/s1. The number of aromatic nitrogens is 4. The first-order valence-electron chi connectivity index (χ1n) is 12.4. The van der Waals surface area contributed by atoms with E-state index < -0.39 is 24.9 Å². The molecule has 4 heterocycles. The second-order valence-corrected chi connectivity index (χ2v) is 9.25. The fourth-order valence-corrected chi connectivity index (χ4v) is 4.69. The summed E-state index contributed by atoms with van der Waals surface area (Å²) in [5, 5.41) is 17.5. The average molecular weight is 540 g/mol. The highest BCUT2D eigenvalue weighted by atomic mass is 19.3. The number of aliphatic hydroxyl groups is 1. The number of nitrogens with one attached hydrogen (secondary N) is 1. The van der Waals surface area contributed by atoms with Crippen LogP contribution in [0.1, 0.15) is 12.8 Å². The summed E-state index contributed by atoms with van der Waals surface area (Å²) in [6, 6.07) is 9.55. The number of β-amino-alcohol motifs (C(OH)–C–C–N with tert-alkyl or cyclic N) is 1. The Balaban J connectivity index is 1.51. The average Bonchev–Trinajstić information content (AvgIpc) is 3.37. The molecule has 1 saturated heterocycles. The Labute approximate surface area is 223 Å². The first-order valence-corrected chi connectivity index (χ1v) is 12.4. The second-order valence-electron chi connectivity index (χ2n) is 9.25. The van der Waals surface area contributed by atoms with Crippen molar-refractivity contribution in [2.45, 2.75) is 31.9 Å². The van der Waals surface area contributed by atoms with Gasteiger partial charge in [0.2, 0.25) is 0 Å². The van der Waals surface area contributed by atoms with Crippen LogP contribution in [0.2, 0.25) is 0 Å². The third kappa shape index (κ3) is 5.75. The minimum atomic E-state index is -2.53. The van der Waals surface area contributed by atoms with Gasteiger partial charge in [0, 0.05) is 42.7 Å². The number of rotatable bonds is 8. The van der Waals surface area contributed by atoms with Gasteiger partial charge in [0.15, 0.2) is 0 Å². The van der Waals surface area contributed by atoms with Crippen LogP contribution in [-0.4, -0.2) is 57.6 Å². The van der Waals surface area contributed by atoms with Crippen molar-refractivity contribution in [3.05, 3.63) is 60.8 Å². The van der Waals surface area contributed by atoms with Crippen LogP contribution in [0, 0.1) is 5.82 Å². The summed E-state index contributed by atoms with van der Waals surface area (Å²) in [7, 11) is 1.44. The van der Waals surface area contributed by atoms with Gasteiger partial charge in [-0.1, -0.05) is 6.07 Å². The Hall–Kier alpha value is -4.32. The van der Waals surface area contributed by atoms with E-state index >= 15 is 0 Å². The molecule has 3 aromatic heterocycles. The lowest BCUT2D eigenvalue weighted by Crippen LogP contribution is -2.38. The molecule has 0 spiro atoms. The Morgan fingerprint density at radius 2 is 2.05 bits per heavy atom. The first-order chi connectivity index (χ1) is 18.8. The molecule has 5 rings (SSSR count). The highest BCUT2D eigenvalue weighted by molar-refractivity contribution is 5.82. The zero-order chi connectivity index (χ0) is 27.5. The van der Waals surface area contributed by atoms with Crippen molar-refractivity contribution in [3.8, 4) is 28.1 Å². The van der Waals surface area contributed by atoms with Gasteiger partial charge in [-0.2, -0.15) is 5.10 Å². The van der Waals surface area contributed by atoms with Gasteiger partial charge in [0.1, 0.15) is 35.4 Å². The molecule has 1 aliphatic heterocycles. The summed E-state index contributed by atoms with van der Waals surface area (Å²) >= 11 is 0. The van der Waals surface area contributed by atoms with Crippen molar-refractivity contribution >= 4 is 23.0 Å². The summed E-state index contributed by atoms with van der Waals surface area (Å²) in [6.07, 6.45) is 3.17. The van der Waals surface area contributed by atoms with Gasteiger partial charge in [-0.3, -0.25) is 4.68 Å². The Morgan fingerprint density at radius 3 is 2.82 bits per heavy atom. The van der Waals surface area contributed by atoms with Crippen LogP contribution in [0.5, 0.6) is 5.75 Å². The van der Waals surface area contributed by atoms with Crippen LogP contribution in [0.3, 0.4) is 0 Å². The van der Waals surface area contributed by atoms with Crippen LogP contribution in [0.15, 0.2) is 55.0 Å². The van der Waals surface area contributed by atoms with Crippen molar-refractivity contribution in [2.75, 3.05) is 36.1 Å². The zero-order valence-electron chi connectivity index (χ0n) is 21.2. The molecule has 9 nitrogen and oxygen atoms in total. The highest BCUT2D eigenvalue weighted by Gasteiger charge is 2.23. The molecule has 0 radical (unpaired) electrons. The molecule has 4 N–H and O–H groups in total. The number of nitrogens with zero attached hydrogens (tertiary/aromatic N) is 5. The molecule has 1 aliphatic rings. The molecule has 0 bridgehead atoms. The number of ether oxygens (including phenoxy) is 1. The van der Waals surface area contributed by atoms with Crippen LogP contribution in [-0.2, 0) is 6.54 Å². The number of piperidine rings is 1. The van der Waals surface area contributed by atoms with Crippen molar-refractivity contribution in [1.82, 2.24) is 19.7 Å². The maximum atomic E-state index is 14.7. The van der Waals surface area contributed by atoms with E-state index in [0.29, 0.717) is 48.0 Å². The number of hydrogen-bond acceptors (Lipinski definition) is 8. The SMILES string of the molecule is COc1cccc(F)c1-c1nc(Nc2cc(N3CCC[C@H](O)C3)c(-c3cnn(CC(F)F)c3)cn2)ccc1N. The molecule has 1 aromatic carbocycles. The van der Waals surface area contributed by atoms with Gasteiger partial charge in [-0.05, 0) is 37.1 Å². The number of aliphatic hydroxyl groups excluding tert-OH is 1. The quantitative estimate of drug-likeness (QED) is 0.295. The van der Waals surface area contributed by atoms with Crippen molar-refractivity contribution < 1.29 is 23.0 Å². The summed E-state index contributed by atoms with van der Waals surface area (Å²) < 4.78 is 47.0. The maximum Gasteiger partial charge on any atom is 0.257 e. The predicted octanol–water partition coefficient (Wildman–Crippen LogP) is 4.71. The topological polar surface area (TPSA) is 114 Å². The van der Waals surface area contributed by atoms with Crippen LogP contribution in [0.4, 0.5) is 36.2 Å². The molecule has 12 heteroatoms. The van der Waals surface area contributed by atoms with Crippen LogP contribution >= 0.6 is 0 Å². The molecule has 1 fully saturated rings. The third-order valence-electron chi connectivity index (χ3n) is 6.50.